The fourth-order valence-electron chi connectivity index (χ4n) is 2.93. The Kier molecular flexibility index (Phi) is 7.22. The molecule has 1 N–H and O–H groups in total. The van der Waals surface area contributed by atoms with Gasteiger partial charge in [0.05, 0.1) is 18.4 Å². The fraction of sp³-hybridized carbons (Fsp3) is 0.208. The lowest BCUT2D eigenvalue weighted by Crippen LogP contribution is -2.24. The van der Waals surface area contributed by atoms with Crippen molar-refractivity contribution in [2.45, 2.75) is 20.8 Å². The number of furan rings is 1. The second kappa shape index (κ2) is 10.2. The normalized spacial score (nSPS) is 10.8. The van der Waals surface area contributed by atoms with Gasteiger partial charge in [-0.15, -0.1) is 0 Å². The molecule has 1 amide bonds. The van der Waals surface area contributed by atoms with Crippen molar-refractivity contribution in [3.8, 4) is 17.1 Å². The third-order valence-corrected chi connectivity index (χ3v) is 4.25. The van der Waals surface area contributed by atoms with Crippen molar-refractivity contribution in [3.05, 3.63) is 77.0 Å². The van der Waals surface area contributed by atoms with Crippen LogP contribution >= 0.6 is 0 Å². The summed E-state index contributed by atoms with van der Waals surface area (Å²) in [6, 6.07) is 16.2. The molecule has 0 spiro atoms. The summed E-state index contributed by atoms with van der Waals surface area (Å²) in [6.45, 7) is 5.89. The Morgan fingerprint density at radius 2 is 1.74 bits per heavy atom. The summed E-state index contributed by atoms with van der Waals surface area (Å²) in [7, 11) is 0. The highest BCUT2D eigenvalue weighted by Gasteiger charge is 2.08. The number of ether oxygens (including phenoxy) is 2. The Morgan fingerprint density at radius 1 is 1.03 bits per heavy atom. The van der Waals surface area contributed by atoms with Crippen LogP contribution in [0.4, 0.5) is 0 Å². The maximum absolute atomic E-state index is 11.9. The van der Waals surface area contributed by atoms with Gasteiger partial charge in [-0.1, -0.05) is 18.2 Å². The van der Waals surface area contributed by atoms with Gasteiger partial charge >= 0.3 is 5.97 Å². The lowest BCUT2D eigenvalue weighted by molar-refractivity contribution is -0.123. The first-order valence-electron chi connectivity index (χ1n) is 9.85. The molecule has 0 aliphatic heterocycles. The molecule has 0 saturated heterocycles. The first-order chi connectivity index (χ1) is 14.9. The summed E-state index contributed by atoms with van der Waals surface area (Å²) in [6.07, 6.45) is 1.41. The predicted molar refractivity (Wildman–Crippen MR) is 117 cm³/mol. The number of carbonyl (C=O) groups is 2. The molecule has 1 aromatic heterocycles. The summed E-state index contributed by atoms with van der Waals surface area (Å²) in [5, 5.41) is 3.89. The van der Waals surface area contributed by atoms with Gasteiger partial charge in [0.25, 0.3) is 5.91 Å². The number of rotatable bonds is 8. The molecule has 0 aliphatic carbocycles. The van der Waals surface area contributed by atoms with Crippen LogP contribution in [0, 0.1) is 13.8 Å². The summed E-state index contributed by atoms with van der Waals surface area (Å²) in [5.74, 6) is 0.984. The maximum Gasteiger partial charge on any atom is 0.338 e. The van der Waals surface area contributed by atoms with Gasteiger partial charge in [-0.25, -0.2) is 10.2 Å². The van der Waals surface area contributed by atoms with Crippen LogP contribution in [0.15, 0.2) is 64.1 Å². The second-order valence-corrected chi connectivity index (χ2v) is 6.91. The van der Waals surface area contributed by atoms with Crippen LogP contribution in [-0.4, -0.2) is 31.3 Å². The van der Waals surface area contributed by atoms with Gasteiger partial charge in [0.1, 0.15) is 17.3 Å². The van der Waals surface area contributed by atoms with Crippen molar-refractivity contribution >= 4 is 18.1 Å². The monoisotopic (exact) mass is 420 g/mol. The van der Waals surface area contributed by atoms with E-state index in [1.54, 1.807) is 43.3 Å². The van der Waals surface area contributed by atoms with E-state index in [4.69, 9.17) is 13.9 Å². The van der Waals surface area contributed by atoms with E-state index in [1.807, 2.05) is 32.0 Å². The van der Waals surface area contributed by atoms with E-state index in [1.165, 1.54) is 6.21 Å². The first-order valence-corrected chi connectivity index (χ1v) is 9.85. The van der Waals surface area contributed by atoms with E-state index in [0.717, 1.165) is 16.7 Å². The molecule has 7 heteroatoms. The highest BCUT2D eigenvalue weighted by atomic mass is 16.5. The van der Waals surface area contributed by atoms with Crippen LogP contribution in [-0.2, 0) is 9.53 Å². The van der Waals surface area contributed by atoms with E-state index in [0.29, 0.717) is 29.4 Å². The minimum absolute atomic E-state index is 0.142. The lowest BCUT2D eigenvalue weighted by atomic mass is 10.1. The summed E-state index contributed by atoms with van der Waals surface area (Å²) in [5.41, 5.74) is 5.82. The SMILES string of the molecule is CCOC(=O)c1ccc(-c2ccc(/C=N\NC(=O)COc3cc(C)cc(C)c3)o2)cc1. The van der Waals surface area contributed by atoms with Crippen LogP contribution in [0.1, 0.15) is 34.2 Å². The molecule has 3 rings (SSSR count). The number of hydrogen-bond donors (Lipinski definition) is 1. The molecule has 0 aliphatic rings. The number of esters is 1. The van der Waals surface area contributed by atoms with E-state index in [9.17, 15) is 9.59 Å². The molecule has 0 unspecified atom stereocenters. The van der Waals surface area contributed by atoms with Crippen LogP contribution in [0.3, 0.4) is 0 Å². The maximum atomic E-state index is 11.9. The van der Waals surface area contributed by atoms with E-state index >= 15 is 0 Å². The number of nitrogens with one attached hydrogen (secondary N) is 1. The number of amides is 1. The van der Waals surface area contributed by atoms with E-state index < -0.39 is 0 Å². The quantitative estimate of drug-likeness (QED) is 0.334. The van der Waals surface area contributed by atoms with Crippen LogP contribution < -0.4 is 10.2 Å². The van der Waals surface area contributed by atoms with Crippen LogP contribution in [0.5, 0.6) is 5.75 Å². The zero-order chi connectivity index (χ0) is 22.2. The largest absolute Gasteiger partial charge is 0.484 e. The summed E-state index contributed by atoms with van der Waals surface area (Å²) < 4.78 is 16.2. The minimum atomic E-state index is -0.378. The Balaban J connectivity index is 1.52. The Morgan fingerprint density at radius 3 is 2.42 bits per heavy atom. The molecular weight excluding hydrogens is 396 g/mol. The zero-order valence-corrected chi connectivity index (χ0v) is 17.7. The smallest absolute Gasteiger partial charge is 0.338 e. The highest BCUT2D eigenvalue weighted by Crippen LogP contribution is 2.22. The van der Waals surface area contributed by atoms with E-state index in [2.05, 4.69) is 10.5 Å². The van der Waals surface area contributed by atoms with Crippen molar-refractivity contribution in [3.63, 3.8) is 0 Å². The third-order valence-electron chi connectivity index (χ3n) is 4.25. The van der Waals surface area contributed by atoms with Gasteiger partial charge in [-0.05, 0) is 68.3 Å². The van der Waals surface area contributed by atoms with Crippen molar-refractivity contribution < 1.29 is 23.5 Å². The average Bonchev–Trinajstić information content (AvgIpc) is 3.21. The molecule has 1 heterocycles. The van der Waals surface area contributed by atoms with E-state index in [-0.39, 0.29) is 18.5 Å². The van der Waals surface area contributed by atoms with Gasteiger partial charge in [0.2, 0.25) is 0 Å². The van der Waals surface area contributed by atoms with Crippen molar-refractivity contribution in [2.24, 2.45) is 5.10 Å². The number of aryl methyl sites for hydroxylation is 2. The molecule has 0 saturated carbocycles. The third kappa shape index (κ3) is 6.30. The molecule has 0 atom stereocenters. The Hall–Kier alpha value is -3.87. The van der Waals surface area contributed by atoms with Crippen molar-refractivity contribution in [2.75, 3.05) is 13.2 Å². The van der Waals surface area contributed by atoms with Crippen molar-refractivity contribution in [1.82, 2.24) is 5.43 Å². The number of benzene rings is 2. The molecule has 31 heavy (non-hydrogen) atoms. The summed E-state index contributed by atoms with van der Waals surface area (Å²) in [4.78, 5) is 23.6. The Bertz CT molecular complexity index is 1060. The average molecular weight is 420 g/mol. The van der Waals surface area contributed by atoms with Gasteiger partial charge in [-0.2, -0.15) is 5.10 Å². The number of carbonyl (C=O) groups excluding carboxylic acids is 2. The zero-order valence-electron chi connectivity index (χ0n) is 17.7. The number of hydrogen-bond acceptors (Lipinski definition) is 6. The minimum Gasteiger partial charge on any atom is -0.484 e. The fourth-order valence-corrected chi connectivity index (χ4v) is 2.93. The summed E-state index contributed by atoms with van der Waals surface area (Å²) >= 11 is 0. The Labute approximate surface area is 180 Å². The molecule has 0 radical (unpaired) electrons. The molecule has 2 aromatic carbocycles. The van der Waals surface area contributed by atoms with Crippen molar-refractivity contribution in [1.29, 1.82) is 0 Å². The van der Waals surface area contributed by atoms with Crippen LogP contribution in [0.2, 0.25) is 0 Å². The molecule has 0 fully saturated rings. The molecule has 0 bridgehead atoms. The predicted octanol–water partition coefficient (Wildman–Crippen LogP) is 4.27. The van der Waals surface area contributed by atoms with Crippen LogP contribution in [0.25, 0.3) is 11.3 Å². The topological polar surface area (TPSA) is 90.1 Å². The number of hydrazone groups is 1. The molecule has 7 nitrogen and oxygen atoms in total. The number of nitrogens with zero attached hydrogens (tertiary/aromatic N) is 1. The highest BCUT2D eigenvalue weighted by molar-refractivity contribution is 5.90. The standard InChI is InChI=1S/C24H24N2O5/c1-4-29-24(28)19-7-5-18(6-8-19)22-10-9-20(31-22)14-25-26-23(27)15-30-21-12-16(2)11-17(3)13-21/h5-14H,4,15H2,1-3H3,(H,26,27)/b25-14-. The second-order valence-electron chi connectivity index (χ2n) is 6.91. The molecule has 160 valence electrons. The molecule has 3 aromatic rings. The molecular formula is C24H24N2O5. The van der Waals surface area contributed by atoms with Gasteiger partial charge < -0.3 is 13.9 Å². The first kappa shape index (κ1) is 21.8. The lowest BCUT2D eigenvalue weighted by Gasteiger charge is -2.07. The van der Waals surface area contributed by atoms with Gasteiger partial charge in [0.15, 0.2) is 6.61 Å². The van der Waals surface area contributed by atoms with Gasteiger partial charge in [0, 0.05) is 5.56 Å². The van der Waals surface area contributed by atoms with Gasteiger partial charge in [-0.3, -0.25) is 4.79 Å².